The Hall–Kier alpha value is -3.72. The van der Waals surface area contributed by atoms with E-state index in [-0.39, 0.29) is 30.0 Å². The molecule has 1 fully saturated rings. The lowest BCUT2D eigenvalue weighted by Crippen LogP contribution is -2.09. The van der Waals surface area contributed by atoms with Crippen molar-refractivity contribution in [3.8, 4) is 0 Å². The van der Waals surface area contributed by atoms with Crippen LogP contribution in [0.4, 0.5) is 0 Å². The van der Waals surface area contributed by atoms with Crippen LogP contribution in [0.25, 0.3) is 0 Å². The van der Waals surface area contributed by atoms with Crippen LogP contribution in [0.15, 0.2) is 73.9 Å². The predicted molar refractivity (Wildman–Crippen MR) is 148 cm³/mol. The molecule has 0 amide bonds. The van der Waals surface area contributed by atoms with E-state index in [1.54, 1.807) is 26.8 Å². The molecule has 0 spiro atoms. The zero-order chi connectivity index (χ0) is 29.8. The third-order valence-corrected chi connectivity index (χ3v) is 3.61. The van der Waals surface area contributed by atoms with E-state index in [2.05, 4.69) is 35.8 Å². The molecule has 0 aliphatic carbocycles. The largest absolute Gasteiger partial charge is 0.463 e. The zero-order valence-electron chi connectivity index (χ0n) is 23.5. The van der Waals surface area contributed by atoms with Gasteiger partial charge in [-0.25, -0.2) is 19.2 Å². The van der Waals surface area contributed by atoms with Crippen LogP contribution in [0, 0.1) is 0 Å². The molecule has 214 valence electrons. The number of epoxide rings is 1. The monoisotopic (exact) mass is 536 g/mol. The first-order valence-corrected chi connectivity index (χ1v) is 12.1. The molecule has 1 aliphatic heterocycles. The Kier molecular flexibility index (Phi) is 28.5. The van der Waals surface area contributed by atoms with E-state index in [4.69, 9.17) is 14.2 Å². The quantitative estimate of drug-likeness (QED) is 0.0800. The van der Waals surface area contributed by atoms with Crippen molar-refractivity contribution in [1.29, 1.82) is 0 Å². The second kappa shape index (κ2) is 27.9. The van der Waals surface area contributed by atoms with Crippen LogP contribution in [-0.2, 0) is 42.9 Å². The Morgan fingerprint density at radius 3 is 1.79 bits per heavy atom. The molecule has 1 atom stereocenters. The molecule has 0 radical (unpaired) electrons. The molecule has 38 heavy (non-hydrogen) atoms. The first-order chi connectivity index (χ1) is 18.0. The standard InChI is InChI=1S/C10H14O2.C7H10O3.C7H12O2.C5H8O2/c1-4-5-6-7-8-12-10(11)9(2)3;1-5(2)7(8)10-4-6-3-9-6;1-3-5-6-9-7(8)4-2;1-3-5(6)7-4-2/h4-7H,2,8H2,1,3H3;6H,1,3-4H2,2H3;4H,2-3,5-6H2,1H3;3H,1,4H2,2H3. The molecule has 9 nitrogen and oxygen atoms in total. The van der Waals surface area contributed by atoms with Crippen LogP contribution in [0.5, 0.6) is 0 Å². The van der Waals surface area contributed by atoms with Gasteiger partial charge in [-0.3, -0.25) is 0 Å². The van der Waals surface area contributed by atoms with Gasteiger partial charge in [0.2, 0.25) is 0 Å². The Morgan fingerprint density at radius 1 is 0.868 bits per heavy atom. The lowest BCUT2D eigenvalue weighted by atomic mass is 10.4. The highest BCUT2D eigenvalue weighted by Gasteiger charge is 2.24. The van der Waals surface area contributed by atoms with Crippen LogP contribution < -0.4 is 0 Å². The maximum Gasteiger partial charge on any atom is 0.333 e. The van der Waals surface area contributed by atoms with Crippen molar-refractivity contribution in [1.82, 2.24) is 0 Å². The molecule has 0 bridgehead atoms. The Balaban J connectivity index is -0.000000437. The van der Waals surface area contributed by atoms with Crippen LogP contribution in [0.1, 0.15) is 47.5 Å². The van der Waals surface area contributed by atoms with Crippen LogP contribution in [0.2, 0.25) is 0 Å². The zero-order valence-corrected chi connectivity index (χ0v) is 23.5. The number of hydrogen-bond donors (Lipinski definition) is 0. The fraction of sp³-hybridized carbons (Fsp3) is 0.448. The summed E-state index contributed by atoms with van der Waals surface area (Å²) in [5.41, 5.74) is 0.857. The number of rotatable bonds is 13. The van der Waals surface area contributed by atoms with Gasteiger partial charge in [-0.1, -0.05) is 57.9 Å². The Labute approximate surface area is 227 Å². The van der Waals surface area contributed by atoms with Gasteiger partial charge in [0.25, 0.3) is 0 Å². The molecule has 1 aliphatic rings. The number of esters is 4. The van der Waals surface area contributed by atoms with Crippen molar-refractivity contribution in [2.24, 2.45) is 0 Å². The lowest BCUT2D eigenvalue weighted by molar-refractivity contribution is -0.139. The second-order valence-corrected chi connectivity index (χ2v) is 7.35. The van der Waals surface area contributed by atoms with Gasteiger partial charge in [0.05, 0.1) is 19.8 Å². The number of carbonyl (C=O) groups excluding carboxylic acids is 4. The van der Waals surface area contributed by atoms with Crippen LogP contribution in [0.3, 0.4) is 0 Å². The topological polar surface area (TPSA) is 118 Å². The number of carbonyl (C=O) groups is 4. The summed E-state index contributed by atoms with van der Waals surface area (Å²) in [6.07, 6.45) is 11.8. The van der Waals surface area contributed by atoms with Gasteiger partial charge < -0.3 is 23.7 Å². The maximum absolute atomic E-state index is 10.8. The molecule has 1 saturated heterocycles. The van der Waals surface area contributed by atoms with E-state index < -0.39 is 0 Å². The molecule has 0 aromatic heterocycles. The molecular formula is C29H44O9. The van der Waals surface area contributed by atoms with Crippen molar-refractivity contribution in [3.05, 3.63) is 73.9 Å². The minimum atomic E-state index is -0.359. The normalized spacial score (nSPS) is 12.6. The van der Waals surface area contributed by atoms with Gasteiger partial charge in [0.15, 0.2) is 0 Å². The number of hydrogen-bond acceptors (Lipinski definition) is 9. The highest BCUT2D eigenvalue weighted by Crippen LogP contribution is 2.09. The van der Waals surface area contributed by atoms with E-state index in [1.807, 2.05) is 32.1 Å². The van der Waals surface area contributed by atoms with Gasteiger partial charge in [0.1, 0.15) is 19.3 Å². The highest BCUT2D eigenvalue weighted by molar-refractivity contribution is 5.87. The molecule has 9 heteroatoms. The molecule has 0 saturated carbocycles. The van der Waals surface area contributed by atoms with Gasteiger partial charge in [-0.2, -0.15) is 0 Å². The van der Waals surface area contributed by atoms with Crippen LogP contribution in [-0.4, -0.2) is 63.0 Å². The lowest BCUT2D eigenvalue weighted by Gasteiger charge is -1.99. The summed E-state index contributed by atoms with van der Waals surface area (Å²) >= 11 is 0. The van der Waals surface area contributed by atoms with Crippen molar-refractivity contribution >= 4 is 23.9 Å². The van der Waals surface area contributed by atoms with Crippen molar-refractivity contribution in [2.45, 2.75) is 53.6 Å². The fourth-order valence-electron chi connectivity index (χ4n) is 1.53. The Morgan fingerprint density at radius 2 is 1.39 bits per heavy atom. The summed E-state index contributed by atoms with van der Waals surface area (Å²) in [7, 11) is 0. The third-order valence-electron chi connectivity index (χ3n) is 3.61. The summed E-state index contributed by atoms with van der Waals surface area (Å²) in [5.74, 6) is -1.37. The van der Waals surface area contributed by atoms with E-state index in [0.717, 1.165) is 18.9 Å². The van der Waals surface area contributed by atoms with Crippen molar-refractivity contribution in [2.75, 3.05) is 33.0 Å². The maximum atomic E-state index is 10.8. The van der Waals surface area contributed by atoms with Gasteiger partial charge in [-0.05, 0) is 40.2 Å². The average molecular weight is 537 g/mol. The van der Waals surface area contributed by atoms with Crippen molar-refractivity contribution < 1.29 is 42.9 Å². The molecule has 1 rings (SSSR count). The average Bonchev–Trinajstić information content (AvgIpc) is 3.72. The van der Waals surface area contributed by atoms with E-state index in [9.17, 15) is 19.2 Å². The van der Waals surface area contributed by atoms with Gasteiger partial charge >= 0.3 is 23.9 Å². The molecular weight excluding hydrogens is 492 g/mol. The van der Waals surface area contributed by atoms with E-state index >= 15 is 0 Å². The molecule has 0 aromatic rings. The fourth-order valence-corrected chi connectivity index (χ4v) is 1.53. The first-order valence-electron chi connectivity index (χ1n) is 12.1. The number of allylic oxidation sites excluding steroid dienone is 3. The SMILES string of the molecule is C=C(C)C(=O)OCC1CO1.C=C(C)C(=O)OCC=CC=CC.C=CC(=O)OCC.C=CC(=O)OCCCC. The smallest absolute Gasteiger partial charge is 0.333 e. The van der Waals surface area contributed by atoms with E-state index in [1.165, 1.54) is 6.08 Å². The third kappa shape index (κ3) is 32.3. The summed E-state index contributed by atoms with van der Waals surface area (Å²) in [6.45, 7) is 24.6. The number of ether oxygens (including phenoxy) is 5. The summed E-state index contributed by atoms with van der Waals surface area (Å²) in [6, 6.07) is 0. The molecule has 1 heterocycles. The minimum Gasteiger partial charge on any atom is -0.463 e. The molecule has 1 unspecified atom stereocenters. The second-order valence-electron chi connectivity index (χ2n) is 7.35. The molecule has 0 aromatic carbocycles. The van der Waals surface area contributed by atoms with Gasteiger partial charge in [-0.15, -0.1) is 0 Å². The summed E-state index contributed by atoms with van der Waals surface area (Å²) in [5, 5.41) is 0. The molecule has 0 N–H and O–H groups in total. The van der Waals surface area contributed by atoms with Gasteiger partial charge in [0, 0.05) is 23.3 Å². The minimum absolute atomic E-state index is 0.142. The predicted octanol–water partition coefficient (Wildman–Crippen LogP) is 4.99. The van der Waals surface area contributed by atoms with Crippen LogP contribution >= 0.6 is 0 Å². The number of unbranched alkanes of at least 4 members (excludes halogenated alkanes) is 1. The Bertz CT molecular complexity index is 803. The van der Waals surface area contributed by atoms with E-state index in [0.29, 0.717) is 44.2 Å². The highest BCUT2D eigenvalue weighted by atomic mass is 16.6. The van der Waals surface area contributed by atoms with Crippen molar-refractivity contribution in [3.63, 3.8) is 0 Å². The summed E-state index contributed by atoms with van der Waals surface area (Å²) < 4.78 is 23.5. The first kappa shape index (κ1) is 38.8. The summed E-state index contributed by atoms with van der Waals surface area (Å²) in [4.78, 5) is 41.9.